The van der Waals surface area contributed by atoms with Crippen molar-refractivity contribution in [2.24, 2.45) is 0 Å². The number of carbonyl (C=O) groups excluding carboxylic acids is 2. The second-order valence-corrected chi connectivity index (χ2v) is 28.0. The molecule has 0 heterocycles. The molecule has 0 aliphatic rings. The summed E-state index contributed by atoms with van der Waals surface area (Å²) in [5, 5.41) is 0. The second kappa shape index (κ2) is 71.7. The van der Waals surface area contributed by atoms with Gasteiger partial charge in [-0.25, -0.2) is 0 Å². The number of allylic oxidation sites excluding steroid dienone is 20. The first-order valence-electron chi connectivity index (χ1n) is 38.2. The zero-order valence-electron chi connectivity index (χ0n) is 60.5. The highest BCUT2D eigenvalue weighted by Crippen LogP contribution is 2.38. The van der Waals surface area contributed by atoms with Crippen LogP contribution in [-0.2, 0) is 32.7 Å². The molecule has 2 atom stereocenters. The highest BCUT2D eigenvalue weighted by Gasteiger charge is 2.22. The van der Waals surface area contributed by atoms with Crippen molar-refractivity contribution in [2.45, 2.75) is 341 Å². The van der Waals surface area contributed by atoms with E-state index >= 15 is 0 Å². The Kier molecular flexibility index (Phi) is 68.9. The average Bonchev–Trinajstić information content (AvgIpc) is 2.14. The van der Waals surface area contributed by atoms with Gasteiger partial charge in [0.05, 0.1) is 27.7 Å². The largest absolute Gasteiger partial charge is 0.756 e. The topological polar surface area (TPSA) is 111 Å². The predicted molar refractivity (Wildman–Crippen MR) is 397 cm³/mol. The Labute approximate surface area is 568 Å². The summed E-state index contributed by atoms with van der Waals surface area (Å²) in [6.45, 7) is 4.11. The Morgan fingerprint density at radius 1 is 0.348 bits per heavy atom. The van der Waals surface area contributed by atoms with Crippen LogP contribution in [0.2, 0.25) is 0 Å². The summed E-state index contributed by atoms with van der Waals surface area (Å²) in [7, 11) is 1.15. The third-order valence-electron chi connectivity index (χ3n) is 16.5. The normalized spacial score (nSPS) is 13.8. The van der Waals surface area contributed by atoms with Gasteiger partial charge < -0.3 is 27.9 Å². The van der Waals surface area contributed by atoms with Gasteiger partial charge in [-0.1, -0.05) is 334 Å². The van der Waals surface area contributed by atoms with Gasteiger partial charge in [-0.15, -0.1) is 0 Å². The second-order valence-electron chi connectivity index (χ2n) is 26.6. The van der Waals surface area contributed by atoms with Gasteiger partial charge in [-0.05, 0) is 109 Å². The van der Waals surface area contributed by atoms with Crippen molar-refractivity contribution >= 4 is 19.8 Å². The Hall–Kier alpha value is -3.59. The molecule has 0 amide bonds. The fraction of sp³-hybridized carbons (Fsp3) is 0.732. The van der Waals surface area contributed by atoms with Crippen LogP contribution in [0.1, 0.15) is 335 Å². The quantitative estimate of drug-likeness (QED) is 0.0195. The summed E-state index contributed by atoms with van der Waals surface area (Å²) in [6.07, 6.45) is 103. The van der Waals surface area contributed by atoms with Crippen LogP contribution in [0.15, 0.2) is 122 Å². The van der Waals surface area contributed by atoms with Gasteiger partial charge in [0.2, 0.25) is 0 Å². The van der Waals surface area contributed by atoms with E-state index in [1.54, 1.807) is 0 Å². The van der Waals surface area contributed by atoms with Crippen molar-refractivity contribution < 1.29 is 42.1 Å². The van der Waals surface area contributed by atoms with Crippen LogP contribution in [-0.4, -0.2) is 70.0 Å². The zero-order valence-corrected chi connectivity index (χ0v) is 61.4. The number of likely N-dealkylation sites (N-methyl/N-ethyl adjacent to an activating group) is 1. The third-order valence-corrected chi connectivity index (χ3v) is 17.4. The molecule has 0 spiro atoms. The lowest BCUT2D eigenvalue weighted by Gasteiger charge is -2.28. The molecule has 10 heteroatoms. The van der Waals surface area contributed by atoms with Gasteiger partial charge in [-0.2, -0.15) is 0 Å². The Morgan fingerprint density at radius 2 is 0.620 bits per heavy atom. The van der Waals surface area contributed by atoms with E-state index in [9.17, 15) is 19.0 Å². The van der Waals surface area contributed by atoms with Gasteiger partial charge in [0.15, 0.2) is 6.10 Å². The molecule has 0 aliphatic heterocycles. The highest BCUT2D eigenvalue weighted by molar-refractivity contribution is 7.45. The Balaban J connectivity index is 3.97. The standard InChI is InChI=1S/C82H144NO8P/c1-6-8-10-12-14-16-18-20-22-24-26-28-30-32-34-35-36-37-38-39-40-41-42-43-44-45-46-47-49-50-52-54-56-58-60-62-64-66-68-70-72-74-81(84)88-78-80(79-90-92(86,87)89-77-76-83(3,4)5)91-82(85)75-73-71-69-67-65-63-61-59-57-55-53-51-48-33-31-29-27-25-23-21-19-17-15-13-11-9-7-2/h9,11,15,17-18,20-21,23-24,26-27,29-30,32-33,48,53,55,59,61,80H,6-8,10,12-14,16,19,22,25,28,31,34-47,49-52,54,56-58,60,62-79H2,1-5H3/b11-9-,17-15-,20-18-,23-21-,26-24-,29-27-,32-30-,48-33-,55-53-,61-59-. The van der Waals surface area contributed by atoms with Crippen LogP contribution in [0, 0.1) is 0 Å². The van der Waals surface area contributed by atoms with Gasteiger partial charge >= 0.3 is 11.9 Å². The number of phosphoric ester groups is 1. The van der Waals surface area contributed by atoms with Crippen molar-refractivity contribution in [2.75, 3.05) is 47.5 Å². The number of unbranched alkanes of at least 4 members (excludes halogenated alkanes) is 36. The SMILES string of the molecule is CC/C=C\C/C=C\C/C=C\C/C=C\C/C=C\C/C=C\C/C=C\CCCCCCCC(=O)OC(COC(=O)CCCCCCCCCCCCCCCCCCCCCCCCCCCC/C=C\C/C=C\C/C=C\CCCCCCC)COP(=O)([O-])OCC[N+](C)(C)C. The lowest BCUT2D eigenvalue weighted by molar-refractivity contribution is -0.870. The molecular formula is C82H144NO8P. The molecule has 0 radical (unpaired) electrons. The van der Waals surface area contributed by atoms with Gasteiger partial charge in [0, 0.05) is 12.8 Å². The van der Waals surface area contributed by atoms with Crippen LogP contribution in [0.3, 0.4) is 0 Å². The maximum atomic E-state index is 12.9. The van der Waals surface area contributed by atoms with Crippen LogP contribution < -0.4 is 4.89 Å². The number of esters is 2. The molecule has 0 rings (SSSR count). The van der Waals surface area contributed by atoms with Crippen molar-refractivity contribution in [3.8, 4) is 0 Å². The van der Waals surface area contributed by atoms with E-state index in [0.717, 1.165) is 109 Å². The molecule has 0 N–H and O–H groups in total. The maximum absolute atomic E-state index is 12.9. The molecule has 9 nitrogen and oxygen atoms in total. The van der Waals surface area contributed by atoms with Crippen LogP contribution in [0.25, 0.3) is 0 Å². The minimum absolute atomic E-state index is 0.0393. The summed E-state index contributed by atoms with van der Waals surface area (Å²) >= 11 is 0. The molecule has 0 fully saturated rings. The Bertz CT molecular complexity index is 1970. The molecule has 0 aromatic rings. The van der Waals surface area contributed by atoms with E-state index in [0.29, 0.717) is 17.4 Å². The fourth-order valence-electron chi connectivity index (χ4n) is 10.6. The maximum Gasteiger partial charge on any atom is 0.306 e. The molecule has 0 aromatic carbocycles. The number of ether oxygens (including phenoxy) is 2. The first kappa shape index (κ1) is 88.4. The molecule has 530 valence electrons. The molecule has 0 bridgehead atoms. The summed E-state index contributed by atoms with van der Waals surface area (Å²) in [5.41, 5.74) is 0. The van der Waals surface area contributed by atoms with E-state index in [2.05, 4.69) is 135 Å². The molecule has 92 heavy (non-hydrogen) atoms. The monoisotopic (exact) mass is 1300 g/mol. The average molecular weight is 1300 g/mol. The predicted octanol–water partition coefficient (Wildman–Crippen LogP) is 24.8. The van der Waals surface area contributed by atoms with E-state index in [-0.39, 0.29) is 32.0 Å². The van der Waals surface area contributed by atoms with Crippen molar-refractivity contribution in [1.82, 2.24) is 0 Å². The molecular weight excluding hydrogens is 1160 g/mol. The van der Waals surface area contributed by atoms with Gasteiger partial charge in [0.25, 0.3) is 7.82 Å². The summed E-state index contributed by atoms with van der Waals surface area (Å²) in [6, 6.07) is 0. The van der Waals surface area contributed by atoms with Crippen molar-refractivity contribution in [3.63, 3.8) is 0 Å². The van der Waals surface area contributed by atoms with Crippen LogP contribution in [0.5, 0.6) is 0 Å². The third kappa shape index (κ3) is 75.4. The number of rotatable bonds is 70. The molecule has 0 aliphatic carbocycles. The van der Waals surface area contributed by atoms with E-state index < -0.39 is 26.5 Å². The van der Waals surface area contributed by atoms with Crippen molar-refractivity contribution in [3.05, 3.63) is 122 Å². The zero-order chi connectivity index (χ0) is 66.9. The number of quaternary nitrogens is 1. The smallest absolute Gasteiger partial charge is 0.306 e. The van der Waals surface area contributed by atoms with Gasteiger partial charge in [0.1, 0.15) is 19.8 Å². The summed E-state index contributed by atoms with van der Waals surface area (Å²) in [4.78, 5) is 38.1. The number of phosphoric acid groups is 1. The first-order valence-corrected chi connectivity index (χ1v) is 39.7. The number of nitrogens with zero attached hydrogens (tertiary/aromatic N) is 1. The van der Waals surface area contributed by atoms with Crippen molar-refractivity contribution in [1.29, 1.82) is 0 Å². The number of hydrogen-bond donors (Lipinski definition) is 0. The Morgan fingerprint density at radius 3 is 0.924 bits per heavy atom. The van der Waals surface area contributed by atoms with E-state index in [1.807, 2.05) is 21.1 Å². The highest BCUT2D eigenvalue weighted by atomic mass is 31.2. The lowest BCUT2D eigenvalue weighted by atomic mass is 10.0. The lowest BCUT2D eigenvalue weighted by Crippen LogP contribution is -2.37. The summed E-state index contributed by atoms with van der Waals surface area (Å²) < 4.78 is 34.3. The molecule has 2 unspecified atom stereocenters. The first-order chi connectivity index (χ1) is 45.0. The minimum atomic E-state index is -4.66. The van der Waals surface area contributed by atoms with Crippen LogP contribution in [0.4, 0.5) is 0 Å². The number of hydrogen-bond acceptors (Lipinski definition) is 8. The fourth-order valence-corrected chi connectivity index (χ4v) is 11.4. The van der Waals surface area contributed by atoms with E-state index in [1.165, 1.54) is 193 Å². The molecule has 0 aromatic heterocycles. The number of carbonyl (C=O) groups is 2. The van der Waals surface area contributed by atoms with E-state index in [4.69, 9.17) is 18.5 Å². The molecule has 0 saturated carbocycles. The molecule has 0 saturated heterocycles. The van der Waals surface area contributed by atoms with Crippen LogP contribution >= 0.6 is 7.82 Å². The summed E-state index contributed by atoms with van der Waals surface area (Å²) in [5.74, 6) is -0.850. The minimum Gasteiger partial charge on any atom is -0.756 e. The van der Waals surface area contributed by atoms with Gasteiger partial charge in [-0.3, -0.25) is 14.2 Å².